The fourth-order valence-corrected chi connectivity index (χ4v) is 5.73. The Kier molecular flexibility index (Phi) is 8.78. The Labute approximate surface area is 235 Å². The first-order valence-electron chi connectivity index (χ1n) is 14.0. The van der Waals surface area contributed by atoms with Crippen LogP contribution in [0.15, 0.2) is 66.7 Å². The number of carbonyl (C=O) groups excluding carboxylic acids is 4. The molecule has 2 fully saturated rings. The van der Waals surface area contributed by atoms with E-state index in [1.807, 2.05) is 58.3 Å². The molecule has 4 amide bonds. The molecule has 2 aromatic rings. The summed E-state index contributed by atoms with van der Waals surface area (Å²) in [6, 6.07) is 16.6. The van der Waals surface area contributed by atoms with Gasteiger partial charge in [-0.1, -0.05) is 48.6 Å². The molecular weight excluding hydrogens is 508 g/mol. The summed E-state index contributed by atoms with van der Waals surface area (Å²) in [5.41, 5.74) is 1.37. The maximum atomic E-state index is 13.6. The number of piperazine rings is 1. The number of carbonyl (C=O) groups is 4. The fraction of sp³-hybridized carbons (Fsp3) is 0.419. The number of benzene rings is 2. The van der Waals surface area contributed by atoms with Crippen LogP contribution in [0, 0.1) is 11.8 Å². The molecule has 2 saturated heterocycles. The van der Waals surface area contributed by atoms with Gasteiger partial charge in [-0.15, -0.1) is 0 Å². The molecule has 0 aliphatic carbocycles. The van der Waals surface area contributed by atoms with Crippen LogP contribution >= 0.6 is 0 Å². The SMILES string of the molecule is O=CN1CCN(C(=O)C[C@@H]2CCN3C[C@@H]2C=CCOc2ccccc2CN(C(=O)c2ccccc2)CC3=O)CC1. The van der Waals surface area contributed by atoms with Crippen LogP contribution in [0.1, 0.15) is 28.8 Å². The number of piperidine rings is 1. The van der Waals surface area contributed by atoms with Crippen molar-refractivity contribution in [2.24, 2.45) is 11.8 Å². The molecule has 0 radical (unpaired) electrons. The molecular formula is C31H36N4O5. The van der Waals surface area contributed by atoms with Gasteiger partial charge in [-0.3, -0.25) is 19.2 Å². The average Bonchev–Trinajstić information content (AvgIpc) is 3.00. The highest BCUT2D eigenvalue weighted by Crippen LogP contribution is 2.30. The van der Waals surface area contributed by atoms with Crippen LogP contribution in [0.25, 0.3) is 0 Å². The lowest BCUT2D eigenvalue weighted by Gasteiger charge is -2.39. The van der Waals surface area contributed by atoms with Gasteiger partial charge in [-0.05, 0) is 36.5 Å². The van der Waals surface area contributed by atoms with Gasteiger partial charge in [0.15, 0.2) is 0 Å². The van der Waals surface area contributed by atoms with Crippen LogP contribution in [0.5, 0.6) is 5.75 Å². The molecule has 210 valence electrons. The Morgan fingerprint density at radius 2 is 1.65 bits per heavy atom. The number of hydrogen-bond acceptors (Lipinski definition) is 5. The van der Waals surface area contributed by atoms with Gasteiger partial charge in [-0.25, -0.2) is 0 Å². The lowest BCUT2D eigenvalue weighted by atomic mass is 9.82. The van der Waals surface area contributed by atoms with E-state index in [2.05, 4.69) is 6.08 Å². The topological polar surface area (TPSA) is 90.5 Å². The number of hydrogen-bond donors (Lipinski definition) is 0. The minimum atomic E-state index is -0.205. The maximum Gasteiger partial charge on any atom is 0.254 e. The number of rotatable bonds is 4. The Bertz CT molecular complexity index is 1240. The van der Waals surface area contributed by atoms with Crippen molar-refractivity contribution in [3.63, 3.8) is 0 Å². The quantitative estimate of drug-likeness (QED) is 0.436. The first kappa shape index (κ1) is 27.4. The van der Waals surface area contributed by atoms with Gasteiger partial charge < -0.3 is 24.3 Å². The molecule has 5 rings (SSSR count). The van der Waals surface area contributed by atoms with E-state index in [4.69, 9.17) is 4.74 Å². The molecule has 3 heterocycles. The van der Waals surface area contributed by atoms with Gasteiger partial charge >= 0.3 is 0 Å². The van der Waals surface area contributed by atoms with Crippen molar-refractivity contribution in [3.8, 4) is 5.75 Å². The van der Waals surface area contributed by atoms with Crippen molar-refractivity contribution in [1.29, 1.82) is 0 Å². The van der Waals surface area contributed by atoms with E-state index < -0.39 is 0 Å². The third kappa shape index (κ3) is 6.52. The number of para-hydroxylation sites is 1. The maximum absolute atomic E-state index is 13.6. The predicted molar refractivity (Wildman–Crippen MR) is 149 cm³/mol. The van der Waals surface area contributed by atoms with Crippen molar-refractivity contribution >= 4 is 24.1 Å². The molecule has 9 heteroatoms. The van der Waals surface area contributed by atoms with E-state index >= 15 is 0 Å². The Hall–Kier alpha value is -4.14. The average molecular weight is 545 g/mol. The summed E-state index contributed by atoms with van der Waals surface area (Å²) < 4.78 is 6.10. The van der Waals surface area contributed by atoms with E-state index in [0.29, 0.717) is 70.0 Å². The van der Waals surface area contributed by atoms with Crippen molar-refractivity contribution in [3.05, 3.63) is 77.9 Å². The Morgan fingerprint density at radius 1 is 0.900 bits per heavy atom. The minimum Gasteiger partial charge on any atom is -0.489 e. The third-order valence-electron chi connectivity index (χ3n) is 8.10. The summed E-state index contributed by atoms with van der Waals surface area (Å²) in [5, 5.41) is 0. The third-order valence-corrected chi connectivity index (χ3v) is 8.10. The molecule has 2 aromatic carbocycles. The molecule has 0 N–H and O–H groups in total. The zero-order chi connectivity index (χ0) is 27.9. The second-order valence-corrected chi connectivity index (χ2v) is 10.7. The highest BCUT2D eigenvalue weighted by molar-refractivity contribution is 5.96. The van der Waals surface area contributed by atoms with Gasteiger partial charge in [0.2, 0.25) is 18.2 Å². The van der Waals surface area contributed by atoms with Crippen LogP contribution in [0.3, 0.4) is 0 Å². The summed E-state index contributed by atoms with van der Waals surface area (Å²) in [7, 11) is 0. The van der Waals surface area contributed by atoms with E-state index in [0.717, 1.165) is 12.0 Å². The normalized spacial score (nSPS) is 21.9. The van der Waals surface area contributed by atoms with Crippen LogP contribution < -0.4 is 4.74 Å². The minimum absolute atomic E-state index is 0.00390. The van der Waals surface area contributed by atoms with Crippen molar-refractivity contribution < 1.29 is 23.9 Å². The van der Waals surface area contributed by atoms with Gasteiger partial charge in [0.05, 0.1) is 6.54 Å². The molecule has 3 aliphatic rings. The zero-order valence-electron chi connectivity index (χ0n) is 22.7. The standard InChI is InChI=1S/C31H36N4O5/c36-23-32-14-16-33(17-15-32)29(37)19-25-12-13-34-20-26(25)10-6-18-40-28-11-5-4-9-27(28)21-35(22-30(34)38)31(39)24-7-2-1-3-8-24/h1-11,23,25-26H,12-22H2/t25-,26-/m0/s1. The summed E-state index contributed by atoms with van der Waals surface area (Å²) >= 11 is 0. The molecule has 2 atom stereocenters. The van der Waals surface area contributed by atoms with E-state index in [9.17, 15) is 19.2 Å². The molecule has 0 aromatic heterocycles. The highest BCUT2D eigenvalue weighted by atomic mass is 16.5. The lowest BCUT2D eigenvalue weighted by Crippen LogP contribution is -2.50. The largest absolute Gasteiger partial charge is 0.489 e. The summed E-state index contributed by atoms with van der Waals surface area (Å²) in [6.45, 7) is 3.82. The first-order chi connectivity index (χ1) is 19.5. The second-order valence-electron chi connectivity index (χ2n) is 10.7. The van der Waals surface area contributed by atoms with Gasteiger partial charge in [0.25, 0.3) is 5.91 Å². The molecule has 3 aliphatic heterocycles. The van der Waals surface area contributed by atoms with Crippen LogP contribution in [-0.2, 0) is 20.9 Å². The van der Waals surface area contributed by atoms with Crippen LogP contribution in [0.4, 0.5) is 0 Å². The number of nitrogens with zero attached hydrogens (tertiary/aromatic N) is 4. The zero-order valence-corrected chi connectivity index (χ0v) is 22.7. The highest BCUT2D eigenvalue weighted by Gasteiger charge is 2.34. The fourth-order valence-electron chi connectivity index (χ4n) is 5.73. The Morgan fingerprint density at radius 3 is 2.42 bits per heavy atom. The van der Waals surface area contributed by atoms with E-state index in [-0.39, 0.29) is 42.6 Å². The monoisotopic (exact) mass is 544 g/mol. The van der Waals surface area contributed by atoms with Crippen molar-refractivity contribution in [1.82, 2.24) is 19.6 Å². The molecule has 9 nitrogen and oxygen atoms in total. The molecule has 2 bridgehead atoms. The number of ether oxygens (including phenoxy) is 1. The van der Waals surface area contributed by atoms with Crippen LogP contribution in [0.2, 0.25) is 0 Å². The van der Waals surface area contributed by atoms with Crippen molar-refractivity contribution in [2.45, 2.75) is 19.4 Å². The predicted octanol–water partition coefficient (Wildman–Crippen LogP) is 2.43. The second kappa shape index (κ2) is 12.8. The van der Waals surface area contributed by atoms with E-state index in [1.54, 1.807) is 21.9 Å². The molecule has 40 heavy (non-hydrogen) atoms. The van der Waals surface area contributed by atoms with Gasteiger partial charge in [0.1, 0.15) is 18.9 Å². The Balaban J connectivity index is 1.34. The molecule has 0 unspecified atom stereocenters. The van der Waals surface area contributed by atoms with E-state index in [1.165, 1.54) is 0 Å². The number of amides is 4. The number of fused-ring (bicyclic) bond motifs is 3. The van der Waals surface area contributed by atoms with Gasteiger partial charge in [0, 0.05) is 56.8 Å². The summed E-state index contributed by atoms with van der Waals surface area (Å²) in [4.78, 5) is 58.2. The molecule has 0 spiro atoms. The van der Waals surface area contributed by atoms with Gasteiger partial charge in [-0.2, -0.15) is 0 Å². The lowest BCUT2D eigenvalue weighted by molar-refractivity contribution is -0.138. The van der Waals surface area contributed by atoms with Crippen LogP contribution in [-0.4, -0.2) is 96.2 Å². The first-order valence-corrected chi connectivity index (χ1v) is 14.0. The van der Waals surface area contributed by atoms with Crippen molar-refractivity contribution in [2.75, 3.05) is 52.4 Å². The summed E-state index contributed by atoms with van der Waals surface area (Å²) in [6.07, 6.45) is 5.99. The summed E-state index contributed by atoms with van der Waals surface area (Å²) in [5.74, 6) is 0.552. The smallest absolute Gasteiger partial charge is 0.254 e. The molecule has 0 saturated carbocycles.